The molecule has 0 radical (unpaired) electrons. The van der Waals surface area contributed by atoms with Gasteiger partial charge in [0.25, 0.3) is 0 Å². The smallest absolute Gasteiger partial charge is 0.161 e. The summed E-state index contributed by atoms with van der Waals surface area (Å²) in [7, 11) is 0. The highest BCUT2D eigenvalue weighted by Gasteiger charge is 2.44. The van der Waals surface area contributed by atoms with Gasteiger partial charge in [0, 0.05) is 67.5 Å². The number of nitrogens with one attached hydrogen (secondary N) is 1. The van der Waals surface area contributed by atoms with Crippen molar-refractivity contribution in [3.63, 3.8) is 0 Å². The lowest BCUT2D eigenvalue weighted by Crippen LogP contribution is -2.68. The number of rotatable bonds is 6. The summed E-state index contributed by atoms with van der Waals surface area (Å²) in [4.78, 5) is 23.3. The van der Waals surface area contributed by atoms with Crippen molar-refractivity contribution in [2.24, 2.45) is 0 Å². The number of nitrogens with zero attached hydrogens (tertiary/aromatic N) is 8. The first kappa shape index (κ1) is 22.3. The SMILES string of the molecule is Cc1cc(Cc2cc(C)[nH]n2)nc(-c2ccc(N3CC4CC(C3)N4Cc3ccc(C#N)nc3)nc2)n1. The van der Waals surface area contributed by atoms with Gasteiger partial charge in [-0.2, -0.15) is 10.4 Å². The van der Waals surface area contributed by atoms with Crippen LogP contribution in [0.15, 0.2) is 48.8 Å². The first-order valence-corrected chi connectivity index (χ1v) is 12.2. The zero-order valence-corrected chi connectivity index (χ0v) is 20.4. The summed E-state index contributed by atoms with van der Waals surface area (Å²) in [6.07, 6.45) is 5.58. The zero-order valence-electron chi connectivity index (χ0n) is 20.4. The molecule has 9 nitrogen and oxygen atoms in total. The van der Waals surface area contributed by atoms with Crippen molar-refractivity contribution in [2.45, 2.75) is 45.3 Å². The van der Waals surface area contributed by atoms with E-state index in [1.54, 1.807) is 6.07 Å². The third kappa shape index (κ3) is 4.43. The topological polar surface area (TPSA) is 111 Å². The van der Waals surface area contributed by atoms with Crippen molar-refractivity contribution < 1.29 is 0 Å². The largest absolute Gasteiger partial charge is 0.353 e. The first-order valence-electron chi connectivity index (χ1n) is 12.2. The second-order valence-electron chi connectivity index (χ2n) is 9.73. The molecule has 0 aromatic carbocycles. The fourth-order valence-electron chi connectivity index (χ4n) is 5.24. The quantitative estimate of drug-likeness (QED) is 0.451. The van der Waals surface area contributed by atoms with Crippen LogP contribution in [0.25, 0.3) is 11.4 Å². The molecule has 4 aromatic heterocycles. The highest BCUT2D eigenvalue weighted by molar-refractivity contribution is 5.57. The number of piperazine rings is 1. The summed E-state index contributed by atoms with van der Waals surface area (Å²) in [6.45, 7) is 6.78. The Hall–Kier alpha value is -4.16. The second kappa shape index (κ2) is 9.13. The Balaban J connectivity index is 1.12. The number of fused-ring (bicyclic) bond motifs is 2. The fourth-order valence-corrected chi connectivity index (χ4v) is 5.24. The lowest BCUT2D eigenvalue weighted by Gasteiger charge is -2.56. The molecular weight excluding hydrogens is 450 g/mol. The van der Waals surface area contributed by atoms with Crippen LogP contribution in [0.3, 0.4) is 0 Å². The molecule has 0 spiro atoms. The highest BCUT2D eigenvalue weighted by atomic mass is 15.4. The van der Waals surface area contributed by atoms with Crippen molar-refractivity contribution in [3.8, 4) is 17.5 Å². The van der Waals surface area contributed by atoms with Gasteiger partial charge in [-0.3, -0.25) is 10.00 Å². The molecule has 7 rings (SSSR count). The molecule has 7 heterocycles. The summed E-state index contributed by atoms with van der Waals surface area (Å²) in [5.74, 6) is 1.69. The molecule has 3 aliphatic rings. The Morgan fingerprint density at radius 3 is 2.53 bits per heavy atom. The van der Waals surface area contributed by atoms with Crippen LogP contribution in [-0.2, 0) is 13.0 Å². The van der Waals surface area contributed by atoms with E-state index >= 15 is 0 Å². The van der Waals surface area contributed by atoms with Gasteiger partial charge in [-0.05, 0) is 56.2 Å². The zero-order chi connectivity index (χ0) is 24.6. The number of hydrogen-bond acceptors (Lipinski definition) is 8. The average molecular weight is 478 g/mol. The first-order chi connectivity index (χ1) is 17.5. The molecule has 9 heteroatoms. The highest BCUT2D eigenvalue weighted by Crippen LogP contribution is 2.35. The summed E-state index contributed by atoms with van der Waals surface area (Å²) in [5, 5.41) is 16.3. The molecule has 3 fully saturated rings. The van der Waals surface area contributed by atoms with Crippen molar-refractivity contribution in [3.05, 3.63) is 82.8 Å². The molecule has 3 saturated heterocycles. The van der Waals surface area contributed by atoms with E-state index in [1.165, 1.54) is 6.42 Å². The van der Waals surface area contributed by atoms with Crippen LogP contribution in [0.1, 0.15) is 40.5 Å². The van der Waals surface area contributed by atoms with Crippen LogP contribution >= 0.6 is 0 Å². The number of nitriles is 1. The fraction of sp³-hybridized carbons (Fsp3) is 0.333. The molecule has 0 aliphatic carbocycles. The molecule has 2 atom stereocenters. The minimum atomic E-state index is 0.461. The lowest BCUT2D eigenvalue weighted by atomic mass is 9.87. The Labute approximate surface area is 209 Å². The Bertz CT molecular complexity index is 1410. The van der Waals surface area contributed by atoms with Crippen LogP contribution in [0, 0.1) is 25.2 Å². The minimum Gasteiger partial charge on any atom is -0.353 e. The molecule has 36 heavy (non-hydrogen) atoms. The minimum absolute atomic E-state index is 0.461. The molecule has 3 aliphatic heterocycles. The van der Waals surface area contributed by atoms with E-state index < -0.39 is 0 Å². The van der Waals surface area contributed by atoms with Crippen LogP contribution in [0.4, 0.5) is 5.82 Å². The number of H-pyrrole nitrogens is 1. The predicted molar refractivity (Wildman–Crippen MR) is 135 cm³/mol. The molecule has 1 N–H and O–H groups in total. The van der Waals surface area contributed by atoms with E-state index in [1.807, 2.05) is 44.4 Å². The van der Waals surface area contributed by atoms with Gasteiger partial charge in [0.15, 0.2) is 5.82 Å². The average Bonchev–Trinajstić information content (AvgIpc) is 3.31. The number of aromatic amines is 1. The standard InChI is InChI=1S/C27H27N9/c1-17-7-22(9-23-8-18(2)33-34-23)32-27(31-17)20-4-6-26(30-13-20)35-15-24-10-25(16-35)36(24)14-19-3-5-21(11-28)29-12-19/h3-8,12-13,24-25H,9-10,14-16H2,1-2H3,(H,33,34). The monoisotopic (exact) mass is 477 g/mol. The van der Waals surface area contributed by atoms with E-state index in [0.29, 0.717) is 30.0 Å². The van der Waals surface area contributed by atoms with E-state index in [0.717, 1.165) is 59.4 Å². The van der Waals surface area contributed by atoms with Crippen molar-refractivity contribution >= 4 is 5.82 Å². The molecule has 2 unspecified atom stereocenters. The van der Waals surface area contributed by atoms with Gasteiger partial charge in [-0.1, -0.05) is 6.07 Å². The van der Waals surface area contributed by atoms with E-state index in [-0.39, 0.29) is 0 Å². The summed E-state index contributed by atoms with van der Waals surface area (Å²) >= 11 is 0. The van der Waals surface area contributed by atoms with Gasteiger partial charge in [0.1, 0.15) is 17.6 Å². The van der Waals surface area contributed by atoms with E-state index in [2.05, 4.69) is 48.2 Å². The number of aromatic nitrogens is 6. The number of pyridine rings is 2. The van der Waals surface area contributed by atoms with E-state index in [4.69, 9.17) is 15.2 Å². The summed E-state index contributed by atoms with van der Waals surface area (Å²) < 4.78 is 0. The number of anilines is 1. The third-order valence-electron chi connectivity index (χ3n) is 7.01. The Morgan fingerprint density at radius 1 is 1.00 bits per heavy atom. The maximum absolute atomic E-state index is 8.95. The molecular formula is C27H27N9. The van der Waals surface area contributed by atoms with Gasteiger partial charge in [-0.15, -0.1) is 0 Å². The predicted octanol–water partition coefficient (Wildman–Crippen LogP) is 3.20. The Morgan fingerprint density at radius 2 is 1.86 bits per heavy atom. The number of aryl methyl sites for hydroxylation is 2. The molecule has 180 valence electrons. The van der Waals surface area contributed by atoms with E-state index in [9.17, 15) is 0 Å². The van der Waals surface area contributed by atoms with Gasteiger partial charge < -0.3 is 4.90 Å². The summed E-state index contributed by atoms with van der Waals surface area (Å²) in [5.41, 5.74) is 6.42. The number of piperidine rings is 1. The molecule has 4 aromatic rings. The molecule has 0 saturated carbocycles. The van der Waals surface area contributed by atoms with Crippen molar-refractivity contribution in [1.82, 2.24) is 35.0 Å². The Kier molecular flexibility index (Phi) is 5.66. The second-order valence-corrected chi connectivity index (χ2v) is 9.73. The van der Waals surface area contributed by atoms with Crippen LogP contribution in [-0.4, -0.2) is 60.2 Å². The number of hydrogen-bond donors (Lipinski definition) is 1. The van der Waals surface area contributed by atoms with Gasteiger partial charge in [0.05, 0.1) is 11.4 Å². The van der Waals surface area contributed by atoms with Crippen LogP contribution < -0.4 is 4.90 Å². The van der Waals surface area contributed by atoms with Crippen LogP contribution in [0.5, 0.6) is 0 Å². The van der Waals surface area contributed by atoms with Crippen molar-refractivity contribution in [1.29, 1.82) is 5.26 Å². The summed E-state index contributed by atoms with van der Waals surface area (Å²) in [6, 6.07) is 15.1. The maximum Gasteiger partial charge on any atom is 0.161 e. The third-order valence-corrected chi connectivity index (χ3v) is 7.01. The van der Waals surface area contributed by atoms with Crippen LogP contribution in [0.2, 0.25) is 0 Å². The maximum atomic E-state index is 8.95. The normalized spacial score (nSPS) is 19.1. The molecule has 2 bridgehead atoms. The van der Waals surface area contributed by atoms with Gasteiger partial charge in [-0.25, -0.2) is 19.9 Å². The lowest BCUT2D eigenvalue weighted by molar-refractivity contribution is -0.00875. The van der Waals surface area contributed by atoms with Gasteiger partial charge in [0.2, 0.25) is 0 Å². The van der Waals surface area contributed by atoms with Gasteiger partial charge >= 0.3 is 0 Å². The molecule has 0 amide bonds. The van der Waals surface area contributed by atoms with Crippen molar-refractivity contribution in [2.75, 3.05) is 18.0 Å².